The number of primary amides is 1. The summed E-state index contributed by atoms with van der Waals surface area (Å²) in [5, 5.41) is 4.52. The molecule has 2 aromatic carbocycles. The van der Waals surface area contributed by atoms with Crippen LogP contribution in [-0.4, -0.2) is 24.2 Å². The Bertz CT molecular complexity index is 881. The number of amides is 2. The van der Waals surface area contributed by atoms with E-state index in [9.17, 15) is 9.59 Å². The van der Waals surface area contributed by atoms with Crippen LogP contribution in [0.4, 0.5) is 0 Å². The molecule has 1 heterocycles. The smallest absolute Gasteiger partial charge is 0.253 e. The van der Waals surface area contributed by atoms with Crippen molar-refractivity contribution in [3.8, 4) is 0 Å². The van der Waals surface area contributed by atoms with Crippen molar-refractivity contribution in [2.45, 2.75) is 6.17 Å². The Morgan fingerprint density at radius 2 is 1.74 bits per heavy atom. The normalized spacial score (nSPS) is 16.5. The number of nitrogens with one attached hydrogen (secondary N) is 1. The van der Waals surface area contributed by atoms with E-state index in [0.29, 0.717) is 11.1 Å². The Kier molecular flexibility index (Phi) is 3.76. The molecule has 1 atom stereocenters. The van der Waals surface area contributed by atoms with Gasteiger partial charge in [-0.25, -0.2) is 0 Å². The van der Waals surface area contributed by atoms with Gasteiger partial charge in [-0.15, -0.1) is 0 Å². The Balaban J connectivity index is 1.85. The highest BCUT2D eigenvalue weighted by Crippen LogP contribution is 2.18. The minimum atomic E-state index is -0.476. The molecule has 0 radical (unpaired) electrons. The fourth-order valence-electron chi connectivity index (χ4n) is 2.37. The summed E-state index contributed by atoms with van der Waals surface area (Å²) < 4.78 is 0. The second-order valence-electron chi connectivity index (χ2n) is 5.25. The summed E-state index contributed by atoms with van der Waals surface area (Å²) in [5.41, 5.74) is 6.95. The zero-order valence-corrected chi connectivity index (χ0v) is 12.3. The molecule has 2 amide bonds. The fourth-order valence-corrected chi connectivity index (χ4v) is 2.37. The molecule has 2 aromatic rings. The van der Waals surface area contributed by atoms with E-state index >= 15 is 0 Å². The number of carbonyl (C=O) groups is 2. The van der Waals surface area contributed by atoms with Crippen LogP contribution in [0.3, 0.4) is 0 Å². The van der Waals surface area contributed by atoms with Gasteiger partial charge in [0.2, 0.25) is 5.91 Å². The summed E-state index contributed by atoms with van der Waals surface area (Å²) >= 11 is 0. The van der Waals surface area contributed by atoms with Gasteiger partial charge in [0.05, 0.1) is 0 Å². The number of rotatable bonds is 3. The van der Waals surface area contributed by atoms with E-state index in [0.717, 1.165) is 16.3 Å². The lowest BCUT2D eigenvalue weighted by molar-refractivity contribution is 0.0943. The van der Waals surface area contributed by atoms with Gasteiger partial charge >= 0.3 is 0 Å². The van der Waals surface area contributed by atoms with E-state index < -0.39 is 12.1 Å². The van der Waals surface area contributed by atoms with Crippen LogP contribution in [0.1, 0.15) is 20.7 Å². The molecule has 114 valence electrons. The van der Waals surface area contributed by atoms with Gasteiger partial charge in [0.15, 0.2) is 0 Å². The molecule has 0 saturated carbocycles. The lowest BCUT2D eigenvalue weighted by atomic mass is 10.0. The first-order chi connectivity index (χ1) is 11.0. The maximum atomic E-state index is 12.4. The third-order valence-electron chi connectivity index (χ3n) is 3.64. The number of fused-ring (bicyclic) bond motifs is 1. The monoisotopic (exact) mass is 305 g/mol. The molecule has 23 heavy (non-hydrogen) atoms. The summed E-state index contributed by atoms with van der Waals surface area (Å²) in [6.07, 6.45) is 4.77. The summed E-state index contributed by atoms with van der Waals surface area (Å²) in [7, 11) is 0. The highest BCUT2D eigenvalue weighted by atomic mass is 16.2. The molecule has 1 aliphatic rings. The number of nitrogens with zero attached hydrogens (tertiary/aromatic N) is 1. The zero-order chi connectivity index (χ0) is 16.4. The summed E-state index contributed by atoms with van der Waals surface area (Å²) in [6.45, 7) is 3.86. The van der Waals surface area contributed by atoms with Crippen molar-refractivity contribution in [3.63, 3.8) is 0 Å². The number of carbonyl (C=O) groups excluding carboxylic acids is 2. The average Bonchev–Trinajstić information content (AvgIpc) is 2.55. The number of allylic oxidation sites excluding steroid dienone is 1. The predicted octanol–water partition coefficient (Wildman–Crippen LogP) is 2.19. The first kappa shape index (κ1) is 14.7. The van der Waals surface area contributed by atoms with E-state index in [1.807, 2.05) is 6.08 Å². The van der Waals surface area contributed by atoms with E-state index in [1.165, 1.54) is 0 Å². The van der Waals surface area contributed by atoms with Crippen molar-refractivity contribution < 1.29 is 9.59 Å². The molecule has 3 rings (SSSR count). The van der Waals surface area contributed by atoms with E-state index in [2.05, 4.69) is 16.9 Å². The number of dihydropyridines is 1. The van der Waals surface area contributed by atoms with Crippen molar-refractivity contribution in [1.29, 1.82) is 0 Å². The maximum absolute atomic E-state index is 12.4. The second kappa shape index (κ2) is 5.88. The molecule has 0 fully saturated rings. The van der Waals surface area contributed by atoms with Gasteiger partial charge in [0, 0.05) is 17.3 Å². The fraction of sp³-hybridized carbons (Fsp3) is 0.0556. The van der Waals surface area contributed by atoms with Gasteiger partial charge < -0.3 is 11.1 Å². The molecule has 5 heteroatoms. The first-order valence-corrected chi connectivity index (χ1v) is 7.08. The molecular weight excluding hydrogens is 290 g/mol. The Hall–Kier alpha value is -3.21. The third-order valence-corrected chi connectivity index (χ3v) is 3.64. The zero-order valence-electron chi connectivity index (χ0n) is 12.3. The van der Waals surface area contributed by atoms with Crippen molar-refractivity contribution in [2.24, 2.45) is 10.7 Å². The minimum Gasteiger partial charge on any atom is -0.366 e. The van der Waals surface area contributed by atoms with E-state index in [4.69, 9.17) is 5.73 Å². The molecule has 0 spiro atoms. The molecule has 0 aromatic heterocycles. The van der Waals surface area contributed by atoms with Gasteiger partial charge in [-0.3, -0.25) is 14.6 Å². The van der Waals surface area contributed by atoms with Gasteiger partial charge in [0.1, 0.15) is 6.17 Å². The minimum absolute atomic E-state index is 0.232. The highest BCUT2D eigenvalue weighted by Gasteiger charge is 2.15. The van der Waals surface area contributed by atoms with Crippen LogP contribution in [0, 0.1) is 0 Å². The number of aliphatic imine (C=N–C) groups is 1. The largest absolute Gasteiger partial charge is 0.366 e. The Labute approximate surface area is 133 Å². The molecule has 0 aliphatic carbocycles. The lowest BCUT2D eigenvalue weighted by Crippen LogP contribution is -2.35. The summed E-state index contributed by atoms with van der Waals surface area (Å²) in [4.78, 5) is 27.7. The number of benzene rings is 2. The molecule has 5 nitrogen and oxygen atoms in total. The van der Waals surface area contributed by atoms with Crippen LogP contribution in [0.2, 0.25) is 0 Å². The highest BCUT2D eigenvalue weighted by molar-refractivity contribution is 6.01. The average molecular weight is 305 g/mol. The second-order valence-corrected chi connectivity index (χ2v) is 5.25. The Morgan fingerprint density at radius 1 is 1.09 bits per heavy atom. The lowest BCUT2D eigenvalue weighted by Gasteiger charge is -2.17. The number of nitrogens with two attached hydrogens (primary N) is 1. The van der Waals surface area contributed by atoms with Crippen LogP contribution in [0.15, 0.2) is 65.7 Å². The quantitative estimate of drug-likeness (QED) is 0.911. The van der Waals surface area contributed by atoms with Crippen LogP contribution in [0.25, 0.3) is 10.8 Å². The standard InChI is InChI=1S/C18H15N3O2/c1-11-3-2-8-20-17(11)21-18(23)15-7-5-12-9-14(16(19)22)6-4-13(12)10-15/h2-10,17H,1H2,(H2,19,22)(H,21,23). The summed E-state index contributed by atoms with van der Waals surface area (Å²) in [6, 6.07) is 10.4. The summed E-state index contributed by atoms with van der Waals surface area (Å²) in [5.74, 6) is -0.708. The van der Waals surface area contributed by atoms with E-state index in [1.54, 1.807) is 48.7 Å². The van der Waals surface area contributed by atoms with E-state index in [-0.39, 0.29) is 5.91 Å². The third kappa shape index (κ3) is 3.03. The maximum Gasteiger partial charge on any atom is 0.253 e. The molecule has 0 bridgehead atoms. The van der Waals surface area contributed by atoms with Crippen molar-refractivity contribution in [1.82, 2.24) is 5.32 Å². The number of hydrogen-bond donors (Lipinski definition) is 2. The van der Waals surface area contributed by atoms with Gasteiger partial charge in [0.25, 0.3) is 5.91 Å². The van der Waals surface area contributed by atoms with Crippen LogP contribution >= 0.6 is 0 Å². The van der Waals surface area contributed by atoms with Gasteiger partial charge in [-0.2, -0.15) is 0 Å². The predicted molar refractivity (Wildman–Crippen MR) is 90.5 cm³/mol. The Morgan fingerprint density at radius 3 is 2.39 bits per heavy atom. The van der Waals surface area contributed by atoms with Crippen molar-refractivity contribution in [2.75, 3.05) is 0 Å². The van der Waals surface area contributed by atoms with Crippen LogP contribution in [0.5, 0.6) is 0 Å². The molecule has 3 N–H and O–H groups in total. The molecular formula is C18H15N3O2. The first-order valence-electron chi connectivity index (χ1n) is 7.08. The van der Waals surface area contributed by atoms with Crippen molar-refractivity contribution in [3.05, 3.63) is 71.8 Å². The van der Waals surface area contributed by atoms with Crippen LogP contribution in [-0.2, 0) is 0 Å². The SMILES string of the molecule is C=C1C=CC=NC1NC(=O)c1ccc2cc(C(N)=O)ccc2c1. The van der Waals surface area contributed by atoms with Crippen molar-refractivity contribution >= 4 is 28.8 Å². The molecule has 0 saturated heterocycles. The van der Waals surface area contributed by atoms with Gasteiger partial charge in [-0.05, 0) is 46.7 Å². The topological polar surface area (TPSA) is 84.6 Å². The molecule has 1 unspecified atom stereocenters. The van der Waals surface area contributed by atoms with Gasteiger partial charge in [-0.1, -0.05) is 24.8 Å². The van der Waals surface area contributed by atoms with Crippen LogP contribution < -0.4 is 11.1 Å². The molecule has 1 aliphatic heterocycles. The number of hydrogen-bond acceptors (Lipinski definition) is 3.